The van der Waals surface area contributed by atoms with Gasteiger partial charge in [-0.1, -0.05) is 49.4 Å². The first-order valence-electron chi connectivity index (χ1n) is 10.5. The number of para-hydroxylation sites is 1. The molecule has 0 atom stereocenters. The van der Waals surface area contributed by atoms with Gasteiger partial charge >= 0.3 is 0 Å². The van der Waals surface area contributed by atoms with Crippen LogP contribution in [-0.4, -0.2) is 29.7 Å². The second kappa shape index (κ2) is 11.9. The van der Waals surface area contributed by atoms with Crippen LogP contribution in [0.2, 0.25) is 0 Å². The van der Waals surface area contributed by atoms with E-state index in [1.165, 1.54) is 12.3 Å². The zero-order valence-electron chi connectivity index (χ0n) is 18.2. The lowest BCUT2D eigenvalue weighted by molar-refractivity contribution is -0.117. The predicted octanol–water partition coefficient (Wildman–Crippen LogP) is 4.10. The van der Waals surface area contributed by atoms with Gasteiger partial charge in [0.1, 0.15) is 17.2 Å². The predicted molar refractivity (Wildman–Crippen MR) is 128 cm³/mol. The van der Waals surface area contributed by atoms with E-state index >= 15 is 0 Å². The Hall–Kier alpha value is -4.39. The first-order valence-corrected chi connectivity index (χ1v) is 10.5. The molecule has 2 amide bonds. The Kier molecular flexibility index (Phi) is 8.36. The maximum Gasteiger partial charge on any atom is 0.287 e. The summed E-state index contributed by atoms with van der Waals surface area (Å²) in [4.78, 5) is 25.4. The number of carbonyl (C=O) groups excluding carboxylic acids is 2. The molecule has 0 aliphatic rings. The second-order valence-electron chi connectivity index (χ2n) is 7.05. The van der Waals surface area contributed by atoms with E-state index in [4.69, 9.17) is 4.74 Å². The number of hydrogen-bond acceptors (Lipinski definition) is 5. The third-order valence-corrected chi connectivity index (χ3v) is 4.50. The van der Waals surface area contributed by atoms with Crippen LogP contribution in [0.25, 0.3) is 6.08 Å². The van der Waals surface area contributed by atoms with Crippen LogP contribution in [0, 0.1) is 0 Å². The number of amides is 2. The highest BCUT2D eigenvalue weighted by molar-refractivity contribution is 6.05. The molecule has 3 aromatic carbocycles. The third kappa shape index (κ3) is 7.07. The van der Waals surface area contributed by atoms with Crippen LogP contribution in [0.15, 0.2) is 89.7 Å². The fourth-order valence-electron chi connectivity index (χ4n) is 2.81. The summed E-state index contributed by atoms with van der Waals surface area (Å²) >= 11 is 0. The molecule has 0 fully saturated rings. The highest BCUT2D eigenvalue weighted by Crippen LogP contribution is 2.15. The van der Waals surface area contributed by atoms with Gasteiger partial charge in [-0.2, -0.15) is 5.10 Å². The number of hydrazone groups is 1. The van der Waals surface area contributed by atoms with Gasteiger partial charge in [0, 0.05) is 11.1 Å². The molecule has 0 unspecified atom stereocenters. The fraction of sp³-hybridized carbons (Fsp3) is 0.115. The summed E-state index contributed by atoms with van der Waals surface area (Å²) < 4.78 is 5.58. The van der Waals surface area contributed by atoms with Crippen molar-refractivity contribution in [3.05, 3.63) is 101 Å². The largest absolute Gasteiger partial charge is 0.507 e. The maximum atomic E-state index is 12.8. The van der Waals surface area contributed by atoms with Gasteiger partial charge in [-0.3, -0.25) is 9.59 Å². The van der Waals surface area contributed by atoms with Crippen LogP contribution >= 0.6 is 0 Å². The van der Waals surface area contributed by atoms with Crippen molar-refractivity contribution in [1.29, 1.82) is 0 Å². The molecule has 0 radical (unpaired) electrons. The smallest absolute Gasteiger partial charge is 0.287 e. The summed E-state index contributed by atoms with van der Waals surface area (Å²) in [6.07, 6.45) is 3.78. The lowest BCUT2D eigenvalue weighted by Crippen LogP contribution is -2.32. The molecule has 0 aromatic heterocycles. The summed E-state index contributed by atoms with van der Waals surface area (Å²) in [7, 11) is 0. The fourth-order valence-corrected chi connectivity index (χ4v) is 2.81. The van der Waals surface area contributed by atoms with Crippen molar-refractivity contribution in [1.82, 2.24) is 10.7 Å². The van der Waals surface area contributed by atoms with E-state index in [-0.39, 0.29) is 11.4 Å². The Morgan fingerprint density at radius 2 is 1.67 bits per heavy atom. The number of carbonyl (C=O) groups is 2. The second-order valence-corrected chi connectivity index (χ2v) is 7.05. The van der Waals surface area contributed by atoms with Crippen LogP contribution < -0.4 is 15.5 Å². The summed E-state index contributed by atoms with van der Waals surface area (Å²) in [6.45, 7) is 2.64. The summed E-state index contributed by atoms with van der Waals surface area (Å²) in [5.41, 5.74) is 3.96. The van der Waals surface area contributed by atoms with E-state index in [0.717, 1.165) is 12.2 Å². The molecule has 0 aliphatic carbocycles. The standard InChI is InChI=1S/C26H25N3O4/c1-2-16-33-22-14-12-19(13-15-22)17-23(28-25(31)20-8-4-3-5-9-20)26(32)29-27-18-21-10-6-7-11-24(21)30/h3-15,17-18,30H,2,16H2,1H3,(H,28,31)(H,29,32)/b23-17?,27-18+. The van der Waals surface area contributed by atoms with Gasteiger partial charge in [-0.25, -0.2) is 5.43 Å². The molecule has 0 saturated carbocycles. The van der Waals surface area contributed by atoms with E-state index in [2.05, 4.69) is 15.8 Å². The van der Waals surface area contributed by atoms with Crippen molar-refractivity contribution in [2.45, 2.75) is 13.3 Å². The van der Waals surface area contributed by atoms with Crippen LogP contribution in [0.4, 0.5) is 0 Å². The van der Waals surface area contributed by atoms with Crippen molar-refractivity contribution < 1.29 is 19.4 Å². The minimum Gasteiger partial charge on any atom is -0.507 e. The molecule has 7 heteroatoms. The highest BCUT2D eigenvalue weighted by Gasteiger charge is 2.14. The zero-order valence-corrected chi connectivity index (χ0v) is 18.2. The lowest BCUT2D eigenvalue weighted by atomic mass is 10.1. The molecule has 0 saturated heterocycles. The van der Waals surface area contributed by atoms with Crippen LogP contribution in [-0.2, 0) is 4.79 Å². The van der Waals surface area contributed by atoms with E-state index < -0.39 is 11.8 Å². The van der Waals surface area contributed by atoms with Crippen molar-refractivity contribution in [2.24, 2.45) is 5.10 Å². The minimum atomic E-state index is -0.614. The van der Waals surface area contributed by atoms with Crippen molar-refractivity contribution in [2.75, 3.05) is 6.61 Å². The molecule has 3 aromatic rings. The van der Waals surface area contributed by atoms with E-state index in [1.807, 2.05) is 6.92 Å². The molecule has 0 aliphatic heterocycles. The van der Waals surface area contributed by atoms with Gasteiger partial charge in [-0.15, -0.1) is 0 Å². The van der Waals surface area contributed by atoms with Crippen LogP contribution in [0.1, 0.15) is 34.8 Å². The average Bonchev–Trinajstić information content (AvgIpc) is 2.84. The molecule has 7 nitrogen and oxygen atoms in total. The SMILES string of the molecule is CCCOc1ccc(C=C(NC(=O)c2ccccc2)C(=O)N/N=C/c2ccccc2O)cc1. The molecule has 33 heavy (non-hydrogen) atoms. The summed E-state index contributed by atoms with van der Waals surface area (Å²) in [5.74, 6) is -0.281. The van der Waals surface area contributed by atoms with Crippen molar-refractivity contribution in [3.63, 3.8) is 0 Å². The number of phenolic OH excluding ortho intramolecular Hbond substituents is 1. The molecule has 0 heterocycles. The minimum absolute atomic E-state index is 0.0144. The number of phenols is 1. The van der Waals surface area contributed by atoms with E-state index in [0.29, 0.717) is 23.3 Å². The normalized spacial score (nSPS) is 11.2. The lowest BCUT2D eigenvalue weighted by Gasteiger charge is -2.10. The van der Waals surface area contributed by atoms with Gasteiger partial charge in [0.2, 0.25) is 0 Å². The van der Waals surface area contributed by atoms with Gasteiger partial charge in [0.25, 0.3) is 11.8 Å². The van der Waals surface area contributed by atoms with Gasteiger partial charge in [0.05, 0.1) is 12.8 Å². The number of benzene rings is 3. The Morgan fingerprint density at radius 3 is 2.36 bits per heavy atom. The van der Waals surface area contributed by atoms with E-state index in [1.54, 1.807) is 78.9 Å². The number of aromatic hydroxyl groups is 1. The Balaban J connectivity index is 1.79. The quantitative estimate of drug-likeness (QED) is 0.263. The Labute approximate surface area is 192 Å². The van der Waals surface area contributed by atoms with Crippen molar-refractivity contribution in [3.8, 4) is 11.5 Å². The maximum absolute atomic E-state index is 12.8. The number of hydrogen-bond donors (Lipinski definition) is 3. The molecule has 3 rings (SSSR count). The average molecular weight is 444 g/mol. The first kappa shape index (κ1) is 23.3. The molecule has 0 bridgehead atoms. The summed E-state index contributed by atoms with van der Waals surface area (Å²) in [6, 6.07) is 22.4. The number of rotatable bonds is 9. The Morgan fingerprint density at radius 1 is 0.970 bits per heavy atom. The van der Waals surface area contributed by atoms with Gasteiger partial charge in [0.15, 0.2) is 0 Å². The number of nitrogens with zero attached hydrogens (tertiary/aromatic N) is 1. The first-order chi connectivity index (χ1) is 16.1. The highest BCUT2D eigenvalue weighted by atomic mass is 16.5. The molecule has 3 N–H and O–H groups in total. The van der Waals surface area contributed by atoms with Crippen LogP contribution in [0.5, 0.6) is 11.5 Å². The zero-order chi connectivity index (χ0) is 23.5. The molecular weight excluding hydrogens is 418 g/mol. The van der Waals surface area contributed by atoms with Crippen molar-refractivity contribution >= 4 is 24.1 Å². The molecular formula is C26H25N3O4. The molecule has 168 valence electrons. The number of nitrogens with one attached hydrogen (secondary N) is 2. The third-order valence-electron chi connectivity index (χ3n) is 4.50. The topological polar surface area (TPSA) is 100 Å². The monoisotopic (exact) mass is 443 g/mol. The summed E-state index contributed by atoms with van der Waals surface area (Å²) in [5, 5.41) is 16.4. The van der Waals surface area contributed by atoms with Crippen LogP contribution in [0.3, 0.4) is 0 Å². The molecule has 0 spiro atoms. The van der Waals surface area contributed by atoms with Gasteiger partial charge < -0.3 is 15.2 Å². The Bertz CT molecular complexity index is 1140. The van der Waals surface area contributed by atoms with Gasteiger partial charge in [-0.05, 0) is 54.5 Å². The van der Waals surface area contributed by atoms with E-state index in [9.17, 15) is 14.7 Å². The number of ether oxygens (including phenoxy) is 1.